The third-order valence-electron chi connectivity index (χ3n) is 3.82. The van der Waals surface area contributed by atoms with Crippen molar-refractivity contribution in [3.8, 4) is 0 Å². The standard InChI is InChI=1S/C19H18N2O8/c1-19(2,11-28-17(22)13-3-7-15(8-4-13)20(24)25)12-29-18(23)14-5-9-16(10-6-14)21(26)27/h3-10H,11-12H2,1-2H3. The summed E-state index contributed by atoms with van der Waals surface area (Å²) in [4.78, 5) is 44.3. The molecule has 0 unspecified atom stereocenters. The van der Waals surface area contributed by atoms with Crippen molar-refractivity contribution in [3.05, 3.63) is 79.9 Å². The Kier molecular flexibility index (Phi) is 6.60. The van der Waals surface area contributed by atoms with Gasteiger partial charge in [0.1, 0.15) is 0 Å². The van der Waals surface area contributed by atoms with E-state index in [1.165, 1.54) is 48.5 Å². The van der Waals surface area contributed by atoms with Gasteiger partial charge in [-0.05, 0) is 24.3 Å². The highest BCUT2D eigenvalue weighted by atomic mass is 16.6. The van der Waals surface area contributed by atoms with E-state index in [0.717, 1.165) is 0 Å². The van der Waals surface area contributed by atoms with E-state index in [1.807, 2.05) is 0 Å². The molecular formula is C19H18N2O8. The molecule has 0 saturated carbocycles. The second kappa shape index (κ2) is 8.91. The molecule has 2 rings (SSSR count). The number of nitro groups is 2. The van der Waals surface area contributed by atoms with Crippen molar-refractivity contribution < 1.29 is 28.9 Å². The lowest BCUT2D eigenvalue weighted by Crippen LogP contribution is -2.28. The summed E-state index contributed by atoms with van der Waals surface area (Å²) >= 11 is 0. The fraction of sp³-hybridized carbons (Fsp3) is 0.263. The van der Waals surface area contributed by atoms with Gasteiger partial charge in [0.15, 0.2) is 0 Å². The number of nitro benzene ring substituents is 2. The maximum absolute atomic E-state index is 12.1. The van der Waals surface area contributed by atoms with Crippen LogP contribution in [0.4, 0.5) is 11.4 Å². The SMILES string of the molecule is CC(C)(COC(=O)c1ccc([N+](=O)[O-])cc1)COC(=O)c1ccc([N+](=O)[O-])cc1. The molecule has 10 nitrogen and oxygen atoms in total. The summed E-state index contributed by atoms with van der Waals surface area (Å²) in [5.74, 6) is -1.32. The van der Waals surface area contributed by atoms with Crippen LogP contribution in [0.5, 0.6) is 0 Å². The number of ether oxygens (including phenoxy) is 2. The molecule has 152 valence electrons. The number of hydrogen-bond acceptors (Lipinski definition) is 8. The van der Waals surface area contributed by atoms with Crippen molar-refractivity contribution in [1.82, 2.24) is 0 Å². The van der Waals surface area contributed by atoms with Crippen LogP contribution in [0.15, 0.2) is 48.5 Å². The van der Waals surface area contributed by atoms with E-state index in [4.69, 9.17) is 9.47 Å². The lowest BCUT2D eigenvalue weighted by Gasteiger charge is -2.23. The molecule has 10 heteroatoms. The molecule has 0 aliphatic rings. The molecule has 0 heterocycles. The Morgan fingerprint density at radius 1 is 0.759 bits per heavy atom. The number of carbonyl (C=O) groups is 2. The highest BCUT2D eigenvalue weighted by Gasteiger charge is 2.24. The average molecular weight is 402 g/mol. The van der Waals surface area contributed by atoms with Crippen LogP contribution in [0, 0.1) is 25.6 Å². The third kappa shape index (κ3) is 6.09. The molecule has 0 amide bonds. The Bertz CT molecular complexity index is 845. The first-order chi connectivity index (χ1) is 13.6. The molecule has 0 N–H and O–H groups in total. The highest BCUT2D eigenvalue weighted by molar-refractivity contribution is 5.90. The molecule has 0 atom stereocenters. The van der Waals surface area contributed by atoms with Crippen LogP contribution < -0.4 is 0 Å². The van der Waals surface area contributed by atoms with E-state index in [0.29, 0.717) is 0 Å². The molecule has 2 aromatic rings. The quantitative estimate of drug-likeness (QED) is 0.371. The fourth-order valence-electron chi connectivity index (χ4n) is 2.17. The van der Waals surface area contributed by atoms with Gasteiger partial charge in [-0.2, -0.15) is 0 Å². The number of esters is 2. The van der Waals surface area contributed by atoms with E-state index >= 15 is 0 Å². The van der Waals surface area contributed by atoms with Crippen LogP contribution in [-0.4, -0.2) is 35.0 Å². The number of non-ortho nitro benzene ring substituents is 2. The molecular weight excluding hydrogens is 384 g/mol. The van der Waals surface area contributed by atoms with Crippen molar-refractivity contribution in [2.24, 2.45) is 5.41 Å². The van der Waals surface area contributed by atoms with Crippen molar-refractivity contribution in [3.63, 3.8) is 0 Å². The summed E-state index contributed by atoms with van der Waals surface area (Å²) in [6.45, 7) is 3.32. The number of hydrogen-bond donors (Lipinski definition) is 0. The number of benzene rings is 2. The summed E-state index contributed by atoms with van der Waals surface area (Å²) < 4.78 is 10.4. The number of carbonyl (C=O) groups excluding carboxylic acids is 2. The van der Waals surface area contributed by atoms with Crippen LogP contribution in [0.3, 0.4) is 0 Å². The van der Waals surface area contributed by atoms with Crippen molar-refractivity contribution in [1.29, 1.82) is 0 Å². The van der Waals surface area contributed by atoms with Crippen LogP contribution >= 0.6 is 0 Å². The molecule has 0 saturated heterocycles. The van der Waals surface area contributed by atoms with Gasteiger partial charge in [0.05, 0.1) is 34.2 Å². The molecule has 0 aliphatic carbocycles. The van der Waals surface area contributed by atoms with Gasteiger partial charge in [-0.25, -0.2) is 9.59 Å². The molecule has 0 aromatic heterocycles. The largest absolute Gasteiger partial charge is 0.461 e. The highest BCUT2D eigenvalue weighted by Crippen LogP contribution is 2.20. The first-order valence-corrected chi connectivity index (χ1v) is 8.42. The van der Waals surface area contributed by atoms with Gasteiger partial charge in [-0.3, -0.25) is 20.2 Å². The monoisotopic (exact) mass is 402 g/mol. The first kappa shape index (κ1) is 21.5. The van der Waals surface area contributed by atoms with Crippen LogP contribution in [-0.2, 0) is 9.47 Å². The summed E-state index contributed by atoms with van der Waals surface area (Å²) in [6.07, 6.45) is 0. The first-order valence-electron chi connectivity index (χ1n) is 8.42. The minimum absolute atomic E-state index is 0.0592. The van der Waals surface area contributed by atoms with Gasteiger partial charge in [-0.1, -0.05) is 13.8 Å². The van der Waals surface area contributed by atoms with Gasteiger partial charge in [0, 0.05) is 29.7 Å². The molecule has 0 spiro atoms. The molecule has 0 radical (unpaired) electrons. The zero-order valence-electron chi connectivity index (χ0n) is 15.7. The molecule has 0 aliphatic heterocycles. The Morgan fingerprint density at radius 3 is 1.34 bits per heavy atom. The second-order valence-electron chi connectivity index (χ2n) is 6.92. The normalized spacial score (nSPS) is 10.8. The lowest BCUT2D eigenvalue weighted by molar-refractivity contribution is -0.385. The minimum Gasteiger partial charge on any atom is -0.461 e. The molecule has 0 bridgehead atoms. The Hall–Kier alpha value is -3.82. The maximum atomic E-state index is 12.1. The summed E-state index contributed by atoms with van der Waals surface area (Å²) in [6, 6.07) is 9.98. The Morgan fingerprint density at radius 2 is 1.07 bits per heavy atom. The summed E-state index contributed by atoms with van der Waals surface area (Å²) in [5.41, 5.74) is -0.656. The maximum Gasteiger partial charge on any atom is 0.338 e. The van der Waals surface area contributed by atoms with E-state index in [9.17, 15) is 29.8 Å². The Balaban J connectivity index is 1.87. The van der Waals surface area contributed by atoms with Gasteiger partial charge in [0.25, 0.3) is 11.4 Å². The van der Waals surface area contributed by atoms with Gasteiger partial charge in [0.2, 0.25) is 0 Å². The second-order valence-corrected chi connectivity index (χ2v) is 6.92. The van der Waals surface area contributed by atoms with Crippen molar-refractivity contribution >= 4 is 23.3 Å². The zero-order chi connectivity index (χ0) is 21.6. The van der Waals surface area contributed by atoms with Crippen molar-refractivity contribution in [2.45, 2.75) is 13.8 Å². The third-order valence-corrected chi connectivity index (χ3v) is 3.82. The summed E-state index contributed by atoms with van der Waals surface area (Å²) in [5, 5.41) is 21.3. The predicted molar refractivity (Wildman–Crippen MR) is 101 cm³/mol. The average Bonchev–Trinajstić information content (AvgIpc) is 2.70. The summed E-state index contributed by atoms with van der Waals surface area (Å²) in [7, 11) is 0. The van der Waals surface area contributed by atoms with E-state index < -0.39 is 27.2 Å². The van der Waals surface area contributed by atoms with Gasteiger partial charge >= 0.3 is 11.9 Å². The molecule has 2 aromatic carbocycles. The van der Waals surface area contributed by atoms with Gasteiger partial charge in [-0.15, -0.1) is 0 Å². The van der Waals surface area contributed by atoms with E-state index in [1.54, 1.807) is 13.8 Å². The fourth-order valence-corrected chi connectivity index (χ4v) is 2.17. The van der Waals surface area contributed by atoms with Crippen LogP contribution in [0.25, 0.3) is 0 Å². The van der Waals surface area contributed by atoms with Crippen LogP contribution in [0.2, 0.25) is 0 Å². The van der Waals surface area contributed by atoms with Crippen molar-refractivity contribution in [2.75, 3.05) is 13.2 Å². The number of rotatable bonds is 8. The molecule has 0 fully saturated rings. The smallest absolute Gasteiger partial charge is 0.338 e. The minimum atomic E-state index is -0.702. The zero-order valence-corrected chi connectivity index (χ0v) is 15.7. The van der Waals surface area contributed by atoms with Crippen LogP contribution in [0.1, 0.15) is 34.6 Å². The Labute approximate surface area is 165 Å². The predicted octanol–water partition coefficient (Wildman–Crippen LogP) is 3.54. The van der Waals surface area contributed by atoms with E-state index in [2.05, 4.69) is 0 Å². The molecule has 29 heavy (non-hydrogen) atoms. The lowest BCUT2D eigenvalue weighted by atomic mass is 9.96. The van der Waals surface area contributed by atoms with E-state index in [-0.39, 0.29) is 35.7 Å². The van der Waals surface area contributed by atoms with Gasteiger partial charge < -0.3 is 9.47 Å². The topological polar surface area (TPSA) is 139 Å². The number of nitrogens with zero attached hydrogens (tertiary/aromatic N) is 2.